The molecule has 3 aliphatic rings. The molecule has 64 heavy (non-hydrogen) atoms. The zero-order valence-corrected chi connectivity index (χ0v) is 42.2. The van der Waals surface area contributed by atoms with Crippen LogP contribution in [0.5, 0.6) is 11.5 Å². The van der Waals surface area contributed by atoms with Gasteiger partial charge in [0.15, 0.2) is 17.4 Å². The van der Waals surface area contributed by atoms with Crippen LogP contribution in [0.25, 0.3) is 22.0 Å². The van der Waals surface area contributed by atoms with Crippen LogP contribution in [0.4, 0.5) is 5.82 Å². The number of anilines is 1. The Morgan fingerprint density at radius 1 is 0.953 bits per heavy atom. The molecule has 2 aromatic heterocycles. The smallest absolute Gasteiger partial charge is 0.251 e. The number of methoxy groups -OCH3 is 1. The molecule has 5 heterocycles. The fourth-order valence-electron chi connectivity index (χ4n) is 9.37. The van der Waals surface area contributed by atoms with E-state index in [9.17, 15) is 14.4 Å². The zero-order valence-electron chi connectivity index (χ0n) is 37.8. The Bertz CT molecular complexity index is 2450. The van der Waals surface area contributed by atoms with E-state index in [1.807, 2.05) is 32.2 Å². The van der Waals surface area contributed by atoms with Crippen LogP contribution < -0.4 is 20.1 Å². The molecule has 12 nitrogen and oxygen atoms in total. The third-order valence-electron chi connectivity index (χ3n) is 13.0. The molecule has 0 radical (unpaired) electrons. The predicted octanol–water partition coefficient (Wildman–Crippen LogP) is 8.68. The Balaban J connectivity index is 0.00000612. The van der Waals surface area contributed by atoms with Crippen molar-refractivity contribution < 1.29 is 49.7 Å². The first-order valence-corrected chi connectivity index (χ1v) is 23.4. The average molecular weight is 1050 g/mol. The van der Waals surface area contributed by atoms with Crippen molar-refractivity contribution in [3.8, 4) is 22.6 Å². The Morgan fingerprint density at radius 2 is 1.73 bits per heavy atom. The first kappa shape index (κ1) is 47.5. The van der Waals surface area contributed by atoms with Crippen LogP contribution in [-0.2, 0) is 48.5 Å². The van der Waals surface area contributed by atoms with Crippen LogP contribution in [0, 0.1) is 13.0 Å². The minimum atomic E-state index is -0.578. The number of carbonyl (C=O) groups is 3. The number of unbranched alkanes of at least 4 members (excludes halogenated alkanes) is 4. The molecule has 2 atom stereocenters. The molecule has 2 fully saturated rings. The van der Waals surface area contributed by atoms with E-state index < -0.39 is 6.04 Å². The minimum Gasteiger partial charge on any atom is -0.493 e. The van der Waals surface area contributed by atoms with E-state index in [4.69, 9.17) is 19.4 Å². The standard InChI is InChI=1S/C50H60N7O5S.Hf/c1-32(46-26-38(31-63-46)39-14-10-9-13-36(39)29-51-3)52-48-41-27-44(61-5)45(28-42(41)53-33(2)54-48)62-24-12-8-6-7-11-21-56-22-19-34(20-23-56)35-15-16-40-37(25-35)30-57(49(40)59)43-17-18-47(58)55(4)50(43)60;/h9-10,13-14,16,25-28,31-32,34,43,51H,6-8,11-12,17-24,29-30H2,1-5H3,(H,52,53,54);/q-1;/t32-,43?;/m1./s1. The summed E-state index contributed by atoms with van der Waals surface area (Å²) in [6, 6.07) is 21.6. The van der Waals surface area contributed by atoms with Crippen molar-refractivity contribution in [2.24, 2.45) is 0 Å². The van der Waals surface area contributed by atoms with Gasteiger partial charge >= 0.3 is 0 Å². The van der Waals surface area contributed by atoms with Gasteiger partial charge in [0.05, 0.1) is 25.3 Å². The summed E-state index contributed by atoms with van der Waals surface area (Å²) < 4.78 is 12.1. The molecular weight excluding hydrogens is 989 g/mol. The molecule has 0 bridgehead atoms. The molecule has 0 aliphatic carbocycles. The molecule has 8 rings (SSSR count). The molecule has 3 aliphatic heterocycles. The summed E-state index contributed by atoms with van der Waals surface area (Å²) in [5.41, 5.74) is 7.34. The number of hydrogen-bond acceptors (Lipinski definition) is 11. The number of imide groups is 1. The second kappa shape index (κ2) is 21.7. The normalized spacial score (nSPS) is 17.5. The molecule has 3 aromatic carbocycles. The van der Waals surface area contributed by atoms with Gasteiger partial charge in [0.25, 0.3) is 5.91 Å². The first-order chi connectivity index (χ1) is 30.6. The van der Waals surface area contributed by atoms with Gasteiger partial charge in [0, 0.05) is 68.7 Å². The fraction of sp³-hybridized carbons (Fsp3) is 0.460. The molecule has 2 N–H and O–H groups in total. The third-order valence-corrected chi connectivity index (χ3v) is 14.1. The Morgan fingerprint density at radius 3 is 2.53 bits per heavy atom. The Labute approximate surface area is 400 Å². The molecule has 3 amide bonds. The monoisotopic (exact) mass is 1050 g/mol. The number of aryl methyl sites for hydroxylation is 1. The number of fused-ring (bicyclic) bond motifs is 2. The summed E-state index contributed by atoms with van der Waals surface area (Å²) in [7, 11) is 5.16. The number of thiophene rings is 1. The number of aromatic nitrogens is 2. The van der Waals surface area contributed by atoms with E-state index in [-0.39, 0.29) is 56.0 Å². The van der Waals surface area contributed by atoms with E-state index in [1.165, 1.54) is 47.9 Å². The molecule has 5 aromatic rings. The fourth-order valence-corrected chi connectivity index (χ4v) is 10.3. The van der Waals surface area contributed by atoms with Crippen LogP contribution in [-0.4, -0.2) is 95.9 Å². The molecular formula is C50H60HfN7O5S-. The van der Waals surface area contributed by atoms with Gasteiger partial charge in [-0.25, -0.2) is 9.97 Å². The molecule has 0 spiro atoms. The molecule has 14 heteroatoms. The summed E-state index contributed by atoms with van der Waals surface area (Å²) in [4.78, 5) is 54.2. The summed E-state index contributed by atoms with van der Waals surface area (Å²) in [5, 5.41) is 10.1. The number of hydrogen-bond donors (Lipinski definition) is 2. The number of nitrogens with one attached hydrogen (secondary N) is 2. The van der Waals surface area contributed by atoms with Gasteiger partial charge in [0.2, 0.25) is 5.91 Å². The van der Waals surface area contributed by atoms with Crippen molar-refractivity contribution in [1.29, 1.82) is 0 Å². The minimum absolute atomic E-state index is 0. The third kappa shape index (κ3) is 10.6. The van der Waals surface area contributed by atoms with Crippen LogP contribution >= 0.6 is 11.3 Å². The van der Waals surface area contributed by atoms with E-state index in [2.05, 4.69) is 70.3 Å². The number of likely N-dealkylation sites (N-methyl/N-ethyl adjacent to an activating group) is 1. The number of ether oxygens (including phenoxy) is 2. The molecule has 1 unspecified atom stereocenters. The van der Waals surface area contributed by atoms with Crippen LogP contribution in [0.2, 0.25) is 0 Å². The summed E-state index contributed by atoms with van der Waals surface area (Å²) in [5.74, 6) is 2.65. The van der Waals surface area contributed by atoms with Crippen molar-refractivity contribution in [3.05, 3.63) is 99.0 Å². The van der Waals surface area contributed by atoms with E-state index in [0.29, 0.717) is 48.4 Å². The van der Waals surface area contributed by atoms with Crippen LogP contribution in [0.1, 0.15) is 114 Å². The first-order valence-electron chi connectivity index (χ1n) is 22.6. The summed E-state index contributed by atoms with van der Waals surface area (Å²) >= 11 is 1.75. The SMILES string of the molecule is CNCc1ccccc1-c1csc([C@@H](C)Nc2nc(C)nc3cc(OCCCCCCCN4CCC(c5[c-]cc6c(c5)CN(C5CCC(=O)N(C)C5=O)C6=O)CC4)c(OC)cc23)c1.[Hf]. The number of benzene rings is 3. The van der Waals surface area contributed by atoms with Gasteiger partial charge < -0.3 is 29.9 Å². The van der Waals surface area contributed by atoms with E-state index >= 15 is 0 Å². The van der Waals surface area contributed by atoms with Crippen molar-refractivity contribution >= 4 is 45.8 Å². The quantitative estimate of drug-likeness (QED) is 0.0381. The average Bonchev–Trinajstić information content (AvgIpc) is 3.91. The van der Waals surface area contributed by atoms with Crippen molar-refractivity contribution in [2.45, 2.75) is 103 Å². The number of nitrogens with zero attached hydrogens (tertiary/aromatic N) is 5. The number of amides is 3. The van der Waals surface area contributed by atoms with Gasteiger partial charge in [-0.15, -0.1) is 16.9 Å². The summed E-state index contributed by atoms with van der Waals surface area (Å²) in [6.45, 7) is 9.16. The van der Waals surface area contributed by atoms with Crippen molar-refractivity contribution in [1.82, 2.24) is 30.0 Å². The maximum absolute atomic E-state index is 13.2. The predicted molar refractivity (Wildman–Crippen MR) is 248 cm³/mol. The second-order valence-electron chi connectivity index (χ2n) is 17.3. The van der Waals surface area contributed by atoms with Gasteiger partial charge in [-0.3, -0.25) is 19.3 Å². The molecule has 336 valence electrons. The summed E-state index contributed by atoms with van der Waals surface area (Å²) in [6.07, 6.45) is 8.42. The van der Waals surface area contributed by atoms with E-state index in [1.54, 1.807) is 23.3 Å². The van der Waals surface area contributed by atoms with Crippen LogP contribution in [0.15, 0.2) is 60.0 Å². The van der Waals surface area contributed by atoms with Crippen molar-refractivity contribution in [2.75, 3.05) is 52.8 Å². The largest absolute Gasteiger partial charge is 0.493 e. The molecule has 0 saturated carbocycles. The maximum Gasteiger partial charge on any atom is 0.251 e. The van der Waals surface area contributed by atoms with Gasteiger partial charge in [-0.2, -0.15) is 23.8 Å². The van der Waals surface area contributed by atoms with E-state index in [0.717, 1.165) is 84.6 Å². The molecule has 2 saturated heterocycles. The zero-order chi connectivity index (χ0) is 44.0. The number of carbonyl (C=O) groups excluding carboxylic acids is 3. The van der Waals surface area contributed by atoms with Gasteiger partial charge in [-0.05, 0) is 113 Å². The maximum atomic E-state index is 13.2. The Kier molecular flexibility index (Phi) is 16.1. The second-order valence-corrected chi connectivity index (χ2v) is 18.2. The van der Waals surface area contributed by atoms with Crippen LogP contribution in [0.3, 0.4) is 0 Å². The number of likely N-dealkylation sites (tertiary alicyclic amines) is 2. The van der Waals surface area contributed by atoms with Gasteiger partial charge in [0.1, 0.15) is 17.7 Å². The number of piperidine rings is 2. The van der Waals surface area contributed by atoms with Gasteiger partial charge in [-0.1, -0.05) is 49.1 Å². The number of rotatable bonds is 18. The topological polar surface area (TPSA) is 129 Å². The Hall–Kier alpha value is -4.50. The van der Waals surface area contributed by atoms with Crippen molar-refractivity contribution in [3.63, 3.8) is 0 Å².